The van der Waals surface area contributed by atoms with Crippen LogP contribution in [0.4, 0.5) is 0 Å². The van der Waals surface area contributed by atoms with E-state index in [2.05, 4.69) is 45.3 Å². The van der Waals surface area contributed by atoms with Crippen molar-refractivity contribution in [2.24, 2.45) is 16.2 Å². The summed E-state index contributed by atoms with van der Waals surface area (Å²) in [5.41, 5.74) is -0.643. The molecule has 0 saturated heterocycles. The molecule has 0 rings (SSSR count). The first-order valence-corrected chi connectivity index (χ1v) is 9.63. The van der Waals surface area contributed by atoms with Crippen LogP contribution in [-0.2, 0) is 9.59 Å². The van der Waals surface area contributed by atoms with Crippen molar-refractivity contribution in [3.8, 4) is 0 Å². The molecule has 0 radical (unpaired) electrons. The average molecular weight is 357 g/mol. The molecule has 0 aromatic rings. The molecule has 150 valence electrons. The molecular weight excluding hydrogens is 312 g/mol. The third kappa shape index (κ3) is 9.27. The van der Waals surface area contributed by atoms with Gasteiger partial charge in [0.1, 0.15) is 0 Å². The Morgan fingerprint density at radius 1 is 0.840 bits per heavy atom. The fourth-order valence-corrected chi connectivity index (χ4v) is 2.36. The van der Waals surface area contributed by atoms with Gasteiger partial charge in [-0.1, -0.05) is 69.2 Å². The Hall–Kier alpha value is -1.06. The molecule has 0 unspecified atom stereocenters. The van der Waals surface area contributed by atoms with Gasteiger partial charge in [-0.15, -0.1) is 0 Å². The van der Waals surface area contributed by atoms with E-state index < -0.39 is 5.41 Å². The molecule has 0 atom stereocenters. The van der Waals surface area contributed by atoms with E-state index in [1.807, 2.05) is 48.5 Å². The zero-order chi connectivity index (χ0) is 20.7. The van der Waals surface area contributed by atoms with Gasteiger partial charge in [0.05, 0.1) is 6.54 Å². The Balaban J connectivity index is 0. The van der Waals surface area contributed by atoms with Crippen LogP contribution in [0.5, 0.6) is 0 Å². The predicted octanol–water partition coefficient (Wildman–Crippen LogP) is 4.92. The zero-order valence-electron chi connectivity index (χ0n) is 18.9. The molecule has 4 nitrogen and oxygen atoms in total. The lowest BCUT2D eigenvalue weighted by Gasteiger charge is -2.43. The Bertz CT molecular complexity index is 430. The molecule has 0 heterocycles. The summed E-state index contributed by atoms with van der Waals surface area (Å²) in [6, 6.07) is 0. The standard InChI is InChI=1S/C19H38N2O2.C2H6/c1-11-19(9,10)21-14(22)12-20-15(23)17(5,6)13-18(7,8)16(2,3)4;1-2/h11-13H2,1-10H3,(H,20,23)(H,21,22);1-2H3. The van der Waals surface area contributed by atoms with Gasteiger partial charge in [0.2, 0.25) is 11.8 Å². The van der Waals surface area contributed by atoms with Crippen LogP contribution in [0.25, 0.3) is 0 Å². The molecule has 0 bridgehead atoms. The van der Waals surface area contributed by atoms with Crippen molar-refractivity contribution in [1.82, 2.24) is 10.6 Å². The van der Waals surface area contributed by atoms with Crippen LogP contribution in [0.15, 0.2) is 0 Å². The number of rotatable bonds is 7. The normalized spacial score (nSPS) is 12.8. The molecule has 0 aliphatic rings. The first-order chi connectivity index (χ1) is 11.0. The molecule has 2 N–H and O–H groups in total. The summed E-state index contributed by atoms with van der Waals surface area (Å²) in [6.45, 7) is 24.9. The van der Waals surface area contributed by atoms with E-state index >= 15 is 0 Å². The van der Waals surface area contributed by atoms with Crippen molar-refractivity contribution < 1.29 is 9.59 Å². The smallest absolute Gasteiger partial charge is 0.239 e. The zero-order valence-corrected chi connectivity index (χ0v) is 18.9. The maximum absolute atomic E-state index is 12.5. The molecule has 2 amide bonds. The van der Waals surface area contributed by atoms with E-state index in [1.165, 1.54) is 0 Å². The fraction of sp³-hybridized carbons (Fsp3) is 0.905. The first-order valence-electron chi connectivity index (χ1n) is 9.63. The second kappa shape index (κ2) is 9.59. The van der Waals surface area contributed by atoms with Crippen LogP contribution < -0.4 is 10.6 Å². The minimum atomic E-state index is -0.517. The monoisotopic (exact) mass is 356 g/mol. The Kier molecular flexibility index (Phi) is 10.0. The molecule has 25 heavy (non-hydrogen) atoms. The summed E-state index contributed by atoms with van der Waals surface area (Å²) in [7, 11) is 0. The Labute approximate surface area is 156 Å². The van der Waals surface area contributed by atoms with E-state index in [9.17, 15) is 9.59 Å². The molecule has 4 heteroatoms. The maximum atomic E-state index is 12.5. The van der Waals surface area contributed by atoms with Gasteiger partial charge >= 0.3 is 0 Å². The second-order valence-corrected chi connectivity index (χ2v) is 9.66. The highest BCUT2D eigenvalue weighted by molar-refractivity contribution is 5.87. The highest BCUT2D eigenvalue weighted by Crippen LogP contribution is 2.46. The lowest BCUT2D eigenvalue weighted by atomic mass is 9.62. The van der Waals surface area contributed by atoms with Gasteiger partial charge in [0, 0.05) is 11.0 Å². The quantitative estimate of drug-likeness (QED) is 0.680. The molecule has 0 saturated carbocycles. The fourth-order valence-electron chi connectivity index (χ4n) is 2.36. The third-order valence-corrected chi connectivity index (χ3v) is 5.30. The van der Waals surface area contributed by atoms with E-state index in [-0.39, 0.29) is 34.7 Å². The third-order valence-electron chi connectivity index (χ3n) is 5.30. The predicted molar refractivity (Wildman–Crippen MR) is 109 cm³/mol. The summed E-state index contributed by atoms with van der Waals surface area (Å²) in [5, 5.41) is 5.72. The highest BCUT2D eigenvalue weighted by Gasteiger charge is 2.41. The molecule has 0 spiro atoms. The van der Waals surface area contributed by atoms with Gasteiger partial charge in [0.15, 0.2) is 0 Å². The van der Waals surface area contributed by atoms with Crippen LogP contribution in [0.3, 0.4) is 0 Å². The van der Waals surface area contributed by atoms with Gasteiger partial charge in [-0.2, -0.15) is 0 Å². The lowest BCUT2D eigenvalue weighted by Crippen LogP contribution is -2.49. The lowest BCUT2D eigenvalue weighted by molar-refractivity contribution is -0.134. The first kappa shape index (κ1) is 26.2. The molecule has 0 aliphatic carbocycles. The van der Waals surface area contributed by atoms with Crippen molar-refractivity contribution >= 4 is 11.8 Å². The van der Waals surface area contributed by atoms with Crippen molar-refractivity contribution in [2.45, 2.75) is 101 Å². The molecule has 0 aromatic carbocycles. The van der Waals surface area contributed by atoms with Crippen molar-refractivity contribution in [3.05, 3.63) is 0 Å². The average Bonchev–Trinajstić information content (AvgIpc) is 2.44. The number of hydrogen-bond acceptors (Lipinski definition) is 2. The summed E-state index contributed by atoms with van der Waals surface area (Å²) >= 11 is 0. The van der Waals surface area contributed by atoms with Gasteiger partial charge in [0.25, 0.3) is 0 Å². The van der Waals surface area contributed by atoms with Crippen molar-refractivity contribution in [1.29, 1.82) is 0 Å². The summed E-state index contributed by atoms with van der Waals surface area (Å²) < 4.78 is 0. The summed E-state index contributed by atoms with van der Waals surface area (Å²) in [5.74, 6) is -0.213. The SMILES string of the molecule is CC.CCC(C)(C)NC(=O)CNC(=O)C(C)(C)CC(C)(C)C(C)(C)C. The van der Waals surface area contributed by atoms with Gasteiger partial charge in [-0.3, -0.25) is 9.59 Å². The molecule has 0 fully saturated rings. The largest absolute Gasteiger partial charge is 0.350 e. The Morgan fingerprint density at radius 2 is 1.28 bits per heavy atom. The van der Waals surface area contributed by atoms with Crippen molar-refractivity contribution in [2.75, 3.05) is 6.54 Å². The highest BCUT2D eigenvalue weighted by atomic mass is 16.2. The topological polar surface area (TPSA) is 58.2 Å². The molecular formula is C21H44N2O2. The van der Waals surface area contributed by atoms with Gasteiger partial charge in [-0.25, -0.2) is 0 Å². The van der Waals surface area contributed by atoms with Crippen LogP contribution in [0, 0.1) is 16.2 Å². The summed E-state index contributed by atoms with van der Waals surface area (Å²) in [6.07, 6.45) is 1.61. The van der Waals surface area contributed by atoms with Gasteiger partial charge in [-0.05, 0) is 37.5 Å². The van der Waals surface area contributed by atoms with E-state index in [4.69, 9.17) is 0 Å². The van der Waals surface area contributed by atoms with Crippen LogP contribution in [-0.4, -0.2) is 23.9 Å². The van der Waals surface area contributed by atoms with E-state index in [0.29, 0.717) is 0 Å². The second-order valence-electron chi connectivity index (χ2n) is 9.66. The number of carbonyl (C=O) groups is 2. The van der Waals surface area contributed by atoms with E-state index in [1.54, 1.807) is 0 Å². The number of hydrogen-bond donors (Lipinski definition) is 2. The number of carbonyl (C=O) groups excluding carboxylic acids is 2. The van der Waals surface area contributed by atoms with Crippen LogP contribution in [0.1, 0.15) is 95.9 Å². The number of nitrogens with one attached hydrogen (secondary N) is 2. The van der Waals surface area contributed by atoms with E-state index in [0.717, 1.165) is 12.8 Å². The van der Waals surface area contributed by atoms with Crippen LogP contribution in [0.2, 0.25) is 0 Å². The minimum absolute atomic E-state index is 0.0142. The minimum Gasteiger partial charge on any atom is -0.350 e. The van der Waals surface area contributed by atoms with Gasteiger partial charge < -0.3 is 10.6 Å². The Morgan fingerprint density at radius 3 is 1.64 bits per heavy atom. The van der Waals surface area contributed by atoms with Crippen LogP contribution >= 0.6 is 0 Å². The summed E-state index contributed by atoms with van der Waals surface area (Å²) in [4.78, 5) is 24.5. The molecule has 0 aromatic heterocycles. The van der Waals surface area contributed by atoms with Crippen molar-refractivity contribution in [3.63, 3.8) is 0 Å². The maximum Gasteiger partial charge on any atom is 0.239 e. The molecule has 0 aliphatic heterocycles. The number of amides is 2.